The number of nitrogens with one attached hydrogen (secondary N) is 2. The Labute approximate surface area is 146 Å². The number of hydrogen-bond acceptors (Lipinski definition) is 3. The van der Waals surface area contributed by atoms with Crippen molar-refractivity contribution in [2.24, 2.45) is 0 Å². The Balaban J connectivity index is 1.63. The molecular weight excluding hydrogens is 314 g/mol. The molecular formula is C19H21N5O. The zero-order valence-corrected chi connectivity index (χ0v) is 14.2. The molecule has 4 rings (SSSR count). The molecule has 0 saturated carbocycles. The molecule has 25 heavy (non-hydrogen) atoms. The van der Waals surface area contributed by atoms with Gasteiger partial charge in [-0.25, -0.2) is 4.79 Å². The van der Waals surface area contributed by atoms with Crippen LogP contribution in [0, 0.1) is 6.92 Å². The number of urea groups is 1. The minimum absolute atomic E-state index is 0.0662. The maximum atomic E-state index is 13.0. The highest BCUT2D eigenvalue weighted by molar-refractivity contribution is 6.00. The van der Waals surface area contributed by atoms with Crippen molar-refractivity contribution in [2.75, 3.05) is 11.9 Å². The van der Waals surface area contributed by atoms with Crippen molar-refractivity contribution < 1.29 is 4.79 Å². The third-order valence-corrected chi connectivity index (χ3v) is 4.76. The van der Waals surface area contributed by atoms with Crippen molar-refractivity contribution in [1.29, 1.82) is 0 Å². The highest BCUT2D eigenvalue weighted by Gasteiger charge is 2.29. The molecule has 1 fully saturated rings. The lowest BCUT2D eigenvalue weighted by Crippen LogP contribution is -2.41. The Morgan fingerprint density at radius 3 is 3.12 bits per heavy atom. The van der Waals surface area contributed by atoms with Crippen LogP contribution in [0.4, 0.5) is 10.5 Å². The van der Waals surface area contributed by atoms with Gasteiger partial charge in [-0.2, -0.15) is 5.10 Å². The van der Waals surface area contributed by atoms with Gasteiger partial charge in [-0.3, -0.25) is 10.1 Å². The van der Waals surface area contributed by atoms with Gasteiger partial charge in [0.2, 0.25) is 0 Å². The summed E-state index contributed by atoms with van der Waals surface area (Å²) in [5.74, 6) is 0. The van der Waals surface area contributed by atoms with Gasteiger partial charge in [-0.05, 0) is 49.9 Å². The number of aryl methyl sites for hydroxylation is 1. The molecule has 1 saturated heterocycles. The minimum atomic E-state index is -0.0801. The fourth-order valence-corrected chi connectivity index (χ4v) is 3.59. The predicted octanol–water partition coefficient (Wildman–Crippen LogP) is 4.03. The van der Waals surface area contributed by atoms with Crippen LogP contribution >= 0.6 is 0 Å². The summed E-state index contributed by atoms with van der Waals surface area (Å²) in [6.45, 7) is 2.77. The number of amides is 2. The molecule has 2 aromatic heterocycles. The van der Waals surface area contributed by atoms with Crippen LogP contribution in [0.5, 0.6) is 0 Å². The number of anilines is 1. The van der Waals surface area contributed by atoms with Crippen LogP contribution in [-0.4, -0.2) is 32.7 Å². The van der Waals surface area contributed by atoms with Crippen molar-refractivity contribution in [1.82, 2.24) is 20.1 Å². The summed E-state index contributed by atoms with van der Waals surface area (Å²) in [6.07, 6.45) is 8.53. The van der Waals surface area contributed by atoms with E-state index in [-0.39, 0.29) is 12.1 Å². The smallest absolute Gasteiger partial charge is 0.317 e. The van der Waals surface area contributed by atoms with Crippen molar-refractivity contribution >= 4 is 22.6 Å². The predicted molar refractivity (Wildman–Crippen MR) is 97.4 cm³/mol. The highest BCUT2D eigenvalue weighted by Crippen LogP contribution is 2.31. The van der Waals surface area contributed by atoms with Crippen LogP contribution in [0.25, 0.3) is 10.9 Å². The number of H-pyrrole nitrogens is 1. The molecule has 2 amide bonds. The summed E-state index contributed by atoms with van der Waals surface area (Å²) in [5.41, 5.74) is 3.73. The Morgan fingerprint density at radius 2 is 2.28 bits per heavy atom. The number of rotatable bonds is 2. The second kappa shape index (κ2) is 6.55. The fraction of sp³-hybridized carbons (Fsp3) is 0.316. The molecule has 128 valence electrons. The van der Waals surface area contributed by atoms with Crippen LogP contribution in [0.1, 0.15) is 36.4 Å². The average Bonchev–Trinajstić information content (AvgIpc) is 3.16. The van der Waals surface area contributed by atoms with Crippen LogP contribution in [0.2, 0.25) is 0 Å². The van der Waals surface area contributed by atoms with Gasteiger partial charge >= 0.3 is 6.03 Å². The molecule has 1 aliphatic rings. The average molecular weight is 335 g/mol. The Hall–Kier alpha value is -2.89. The third kappa shape index (κ3) is 3.07. The van der Waals surface area contributed by atoms with Gasteiger partial charge in [-0.1, -0.05) is 6.07 Å². The summed E-state index contributed by atoms with van der Waals surface area (Å²) in [7, 11) is 0. The number of nitrogens with zero attached hydrogens (tertiary/aromatic N) is 3. The number of hydrogen-bond donors (Lipinski definition) is 2. The lowest BCUT2D eigenvalue weighted by Gasteiger charge is -2.35. The number of benzene rings is 1. The van der Waals surface area contributed by atoms with Crippen LogP contribution in [0.3, 0.4) is 0 Å². The molecule has 1 aromatic carbocycles. The first-order valence-corrected chi connectivity index (χ1v) is 8.64. The zero-order valence-electron chi connectivity index (χ0n) is 14.2. The molecule has 6 nitrogen and oxygen atoms in total. The molecule has 0 bridgehead atoms. The SMILES string of the molecule is Cc1cc(NC(=O)N2CCCC[C@@H]2c2cn[nH]c2)c2ncccc2c1. The highest BCUT2D eigenvalue weighted by atomic mass is 16.2. The molecule has 0 radical (unpaired) electrons. The van der Waals surface area contributed by atoms with Gasteiger partial charge in [-0.15, -0.1) is 0 Å². The largest absolute Gasteiger partial charge is 0.322 e. The van der Waals surface area contributed by atoms with Gasteiger partial charge in [0.1, 0.15) is 0 Å². The zero-order chi connectivity index (χ0) is 17.2. The van der Waals surface area contributed by atoms with Gasteiger partial charge < -0.3 is 10.2 Å². The third-order valence-electron chi connectivity index (χ3n) is 4.76. The maximum absolute atomic E-state index is 13.0. The Bertz CT molecular complexity index is 890. The standard InChI is InChI=1S/C19H21N5O/c1-13-9-14-5-4-7-20-18(14)16(10-13)23-19(25)24-8-3-2-6-17(24)15-11-21-22-12-15/h4-5,7,9-12,17H,2-3,6,8H2,1H3,(H,21,22)(H,23,25)/t17-/m1/s1. The monoisotopic (exact) mass is 335 g/mol. The number of aromatic amines is 1. The molecule has 0 spiro atoms. The lowest BCUT2D eigenvalue weighted by molar-refractivity contribution is 0.163. The number of carbonyl (C=O) groups excluding carboxylic acids is 1. The lowest BCUT2D eigenvalue weighted by atomic mass is 9.98. The van der Waals surface area contributed by atoms with Crippen LogP contribution in [-0.2, 0) is 0 Å². The quantitative estimate of drug-likeness (QED) is 0.742. The van der Waals surface area contributed by atoms with E-state index in [1.807, 2.05) is 36.2 Å². The van der Waals surface area contributed by atoms with Gasteiger partial charge in [0.05, 0.1) is 23.4 Å². The second-order valence-corrected chi connectivity index (χ2v) is 6.55. The topological polar surface area (TPSA) is 73.9 Å². The molecule has 0 aliphatic carbocycles. The van der Waals surface area contributed by atoms with E-state index in [9.17, 15) is 4.79 Å². The number of carbonyl (C=O) groups is 1. The van der Waals surface area contributed by atoms with E-state index >= 15 is 0 Å². The molecule has 1 aliphatic heterocycles. The van der Waals surface area contributed by atoms with Crippen molar-refractivity contribution in [3.63, 3.8) is 0 Å². The number of aromatic nitrogens is 3. The number of piperidine rings is 1. The van der Waals surface area contributed by atoms with E-state index in [4.69, 9.17) is 0 Å². The normalized spacial score (nSPS) is 17.6. The van der Waals surface area contributed by atoms with E-state index in [0.29, 0.717) is 0 Å². The van der Waals surface area contributed by atoms with E-state index in [0.717, 1.165) is 53.5 Å². The molecule has 0 unspecified atom stereocenters. The summed E-state index contributed by atoms with van der Waals surface area (Å²) < 4.78 is 0. The number of pyridine rings is 1. The van der Waals surface area contributed by atoms with E-state index in [1.54, 1.807) is 12.4 Å². The van der Waals surface area contributed by atoms with Gasteiger partial charge in [0, 0.05) is 29.9 Å². The summed E-state index contributed by atoms with van der Waals surface area (Å²) in [4.78, 5) is 19.3. The number of likely N-dealkylation sites (tertiary alicyclic amines) is 1. The number of fused-ring (bicyclic) bond motifs is 1. The van der Waals surface area contributed by atoms with E-state index < -0.39 is 0 Å². The van der Waals surface area contributed by atoms with Crippen molar-refractivity contribution in [3.05, 3.63) is 54.0 Å². The second-order valence-electron chi connectivity index (χ2n) is 6.55. The van der Waals surface area contributed by atoms with Crippen LogP contribution in [0.15, 0.2) is 42.9 Å². The molecule has 6 heteroatoms. The van der Waals surface area contributed by atoms with E-state index in [1.165, 1.54) is 0 Å². The Kier molecular flexibility index (Phi) is 4.09. The summed E-state index contributed by atoms with van der Waals surface area (Å²) in [6, 6.07) is 7.96. The van der Waals surface area contributed by atoms with Crippen LogP contribution < -0.4 is 5.32 Å². The summed E-state index contributed by atoms with van der Waals surface area (Å²) in [5, 5.41) is 11.0. The van der Waals surface area contributed by atoms with Crippen molar-refractivity contribution in [2.45, 2.75) is 32.2 Å². The first kappa shape index (κ1) is 15.6. The van der Waals surface area contributed by atoms with Gasteiger partial charge in [0.25, 0.3) is 0 Å². The van der Waals surface area contributed by atoms with Gasteiger partial charge in [0.15, 0.2) is 0 Å². The first-order valence-electron chi connectivity index (χ1n) is 8.64. The molecule has 1 atom stereocenters. The molecule has 2 N–H and O–H groups in total. The minimum Gasteiger partial charge on any atom is -0.317 e. The van der Waals surface area contributed by atoms with Crippen molar-refractivity contribution in [3.8, 4) is 0 Å². The Morgan fingerprint density at radius 1 is 1.36 bits per heavy atom. The first-order chi connectivity index (χ1) is 12.2. The molecule has 3 heterocycles. The fourth-order valence-electron chi connectivity index (χ4n) is 3.59. The maximum Gasteiger partial charge on any atom is 0.322 e. The molecule has 3 aromatic rings. The summed E-state index contributed by atoms with van der Waals surface area (Å²) >= 11 is 0. The van der Waals surface area contributed by atoms with E-state index in [2.05, 4.69) is 26.6 Å².